The van der Waals surface area contributed by atoms with Crippen molar-refractivity contribution in [2.75, 3.05) is 6.61 Å². The Morgan fingerprint density at radius 3 is 2.56 bits per heavy atom. The SMILES string of the molecule is CCC(N)C(OCCC(C)(C)C)c1cnn(C)c1. The highest BCUT2D eigenvalue weighted by Crippen LogP contribution is 2.24. The maximum Gasteiger partial charge on any atom is 0.101 e. The Labute approximate surface area is 111 Å². The molecule has 0 aliphatic carbocycles. The van der Waals surface area contributed by atoms with Crippen molar-refractivity contribution in [1.29, 1.82) is 0 Å². The van der Waals surface area contributed by atoms with Crippen LogP contribution in [-0.2, 0) is 11.8 Å². The zero-order valence-corrected chi connectivity index (χ0v) is 12.3. The molecule has 0 spiro atoms. The number of nitrogens with zero attached hydrogens (tertiary/aromatic N) is 2. The summed E-state index contributed by atoms with van der Waals surface area (Å²) in [5.41, 5.74) is 7.50. The minimum Gasteiger partial charge on any atom is -0.372 e. The zero-order valence-electron chi connectivity index (χ0n) is 12.3. The first-order chi connectivity index (χ1) is 8.33. The molecule has 2 unspecified atom stereocenters. The smallest absolute Gasteiger partial charge is 0.101 e. The molecular formula is C14H27N3O. The predicted octanol–water partition coefficient (Wildman–Crippen LogP) is 2.65. The van der Waals surface area contributed by atoms with E-state index in [1.54, 1.807) is 4.68 Å². The molecule has 4 heteroatoms. The van der Waals surface area contributed by atoms with Crippen LogP contribution in [0.2, 0.25) is 0 Å². The number of nitrogens with two attached hydrogens (primary N) is 1. The van der Waals surface area contributed by atoms with Crippen LogP contribution < -0.4 is 5.73 Å². The van der Waals surface area contributed by atoms with Gasteiger partial charge in [-0.25, -0.2) is 0 Å². The van der Waals surface area contributed by atoms with E-state index in [2.05, 4.69) is 32.8 Å². The van der Waals surface area contributed by atoms with Crippen molar-refractivity contribution in [3.8, 4) is 0 Å². The van der Waals surface area contributed by atoms with Crippen LogP contribution >= 0.6 is 0 Å². The lowest BCUT2D eigenvalue weighted by molar-refractivity contribution is 0.0198. The molecule has 2 atom stereocenters. The van der Waals surface area contributed by atoms with Gasteiger partial charge in [-0.2, -0.15) is 5.10 Å². The van der Waals surface area contributed by atoms with Crippen molar-refractivity contribution in [2.24, 2.45) is 18.2 Å². The van der Waals surface area contributed by atoms with E-state index < -0.39 is 0 Å². The van der Waals surface area contributed by atoms with E-state index in [1.807, 2.05) is 19.4 Å². The average molecular weight is 253 g/mol. The third-order valence-electron chi connectivity index (χ3n) is 3.06. The van der Waals surface area contributed by atoms with Crippen molar-refractivity contribution >= 4 is 0 Å². The van der Waals surface area contributed by atoms with Crippen LogP contribution in [0.1, 0.15) is 52.2 Å². The van der Waals surface area contributed by atoms with Gasteiger partial charge in [-0.3, -0.25) is 4.68 Å². The summed E-state index contributed by atoms with van der Waals surface area (Å²) in [6, 6.07) is 0.0224. The van der Waals surface area contributed by atoms with Gasteiger partial charge in [0, 0.05) is 31.5 Å². The fourth-order valence-electron chi connectivity index (χ4n) is 1.76. The van der Waals surface area contributed by atoms with Crippen molar-refractivity contribution in [3.63, 3.8) is 0 Å². The molecule has 4 nitrogen and oxygen atoms in total. The van der Waals surface area contributed by atoms with E-state index in [-0.39, 0.29) is 17.6 Å². The highest BCUT2D eigenvalue weighted by Gasteiger charge is 2.21. The van der Waals surface area contributed by atoms with Gasteiger partial charge >= 0.3 is 0 Å². The number of ether oxygens (including phenoxy) is 1. The number of aromatic nitrogens is 2. The van der Waals surface area contributed by atoms with Gasteiger partial charge in [-0.05, 0) is 18.3 Å². The van der Waals surface area contributed by atoms with Crippen LogP contribution in [0.4, 0.5) is 0 Å². The lowest BCUT2D eigenvalue weighted by Crippen LogP contribution is -2.30. The molecule has 0 bridgehead atoms. The second-order valence-electron chi connectivity index (χ2n) is 6.12. The fourth-order valence-corrected chi connectivity index (χ4v) is 1.76. The Kier molecular flexibility index (Phi) is 5.35. The van der Waals surface area contributed by atoms with Crippen LogP contribution in [-0.4, -0.2) is 22.4 Å². The summed E-state index contributed by atoms with van der Waals surface area (Å²) in [5, 5.41) is 4.19. The molecule has 0 amide bonds. The fraction of sp³-hybridized carbons (Fsp3) is 0.786. The van der Waals surface area contributed by atoms with Crippen molar-refractivity contribution in [3.05, 3.63) is 18.0 Å². The van der Waals surface area contributed by atoms with E-state index in [0.29, 0.717) is 0 Å². The quantitative estimate of drug-likeness (QED) is 0.848. The molecule has 2 N–H and O–H groups in total. The Morgan fingerprint density at radius 2 is 2.11 bits per heavy atom. The summed E-state index contributed by atoms with van der Waals surface area (Å²) in [4.78, 5) is 0. The topological polar surface area (TPSA) is 53.1 Å². The van der Waals surface area contributed by atoms with Gasteiger partial charge in [0.2, 0.25) is 0 Å². The minimum atomic E-state index is -0.0500. The third kappa shape index (κ3) is 4.78. The maximum absolute atomic E-state index is 6.15. The van der Waals surface area contributed by atoms with E-state index in [1.165, 1.54) is 0 Å². The lowest BCUT2D eigenvalue weighted by Gasteiger charge is -2.25. The van der Waals surface area contributed by atoms with Crippen LogP contribution in [0, 0.1) is 5.41 Å². The molecule has 0 aliphatic rings. The van der Waals surface area contributed by atoms with Crippen molar-refractivity contribution in [1.82, 2.24) is 9.78 Å². The summed E-state index contributed by atoms with van der Waals surface area (Å²) in [6.07, 6.45) is 5.70. The molecule has 1 aromatic rings. The molecule has 0 saturated heterocycles. The Bertz CT molecular complexity index is 354. The van der Waals surface area contributed by atoms with Gasteiger partial charge in [-0.1, -0.05) is 27.7 Å². The summed E-state index contributed by atoms with van der Waals surface area (Å²) in [7, 11) is 1.91. The molecule has 18 heavy (non-hydrogen) atoms. The van der Waals surface area contributed by atoms with Crippen LogP contribution in [0.5, 0.6) is 0 Å². The van der Waals surface area contributed by atoms with E-state index >= 15 is 0 Å². The highest BCUT2D eigenvalue weighted by molar-refractivity contribution is 5.10. The highest BCUT2D eigenvalue weighted by atomic mass is 16.5. The number of rotatable bonds is 6. The molecule has 1 heterocycles. The molecule has 1 rings (SSSR count). The Balaban J connectivity index is 2.62. The van der Waals surface area contributed by atoms with E-state index in [0.717, 1.165) is 25.0 Å². The number of aryl methyl sites for hydroxylation is 1. The largest absolute Gasteiger partial charge is 0.372 e. The molecule has 0 fully saturated rings. The third-order valence-corrected chi connectivity index (χ3v) is 3.06. The van der Waals surface area contributed by atoms with Crippen molar-refractivity contribution in [2.45, 2.75) is 52.7 Å². The summed E-state index contributed by atoms with van der Waals surface area (Å²) >= 11 is 0. The molecule has 0 aromatic carbocycles. The monoisotopic (exact) mass is 253 g/mol. The summed E-state index contributed by atoms with van der Waals surface area (Å²) in [5.74, 6) is 0. The molecule has 0 radical (unpaired) electrons. The van der Waals surface area contributed by atoms with Gasteiger partial charge in [0.15, 0.2) is 0 Å². The molecular weight excluding hydrogens is 226 g/mol. The van der Waals surface area contributed by atoms with Gasteiger partial charge in [0.05, 0.1) is 6.20 Å². The first-order valence-electron chi connectivity index (χ1n) is 6.69. The first-order valence-corrected chi connectivity index (χ1v) is 6.69. The van der Waals surface area contributed by atoms with Gasteiger partial charge in [0.1, 0.15) is 6.10 Å². The molecule has 0 saturated carbocycles. The summed E-state index contributed by atoms with van der Waals surface area (Å²) < 4.78 is 7.78. The summed E-state index contributed by atoms with van der Waals surface area (Å²) in [6.45, 7) is 9.47. The van der Waals surface area contributed by atoms with E-state index in [9.17, 15) is 0 Å². The Morgan fingerprint density at radius 1 is 1.44 bits per heavy atom. The van der Waals surface area contributed by atoms with Gasteiger partial charge in [0.25, 0.3) is 0 Å². The van der Waals surface area contributed by atoms with Crippen LogP contribution in [0.3, 0.4) is 0 Å². The molecule has 0 aliphatic heterocycles. The van der Waals surface area contributed by atoms with Crippen LogP contribution in [0.25, 0.3) is 0 Å². The van der Waals surface area contributed by atoms with Crippen molar-refractivity contribution < 1.29 is 4.74 Å². The maximum atomic E-state index is 6.15. The normalized spacial score (nSPS) is 15.7. The van der Waals surface area contributed by atoms with Gasteiger partial charge < -0.3 is 10.5 Å². The van der Waals surface area contributed by atoms with Crippen LogP contribution in [0.15, 0.2) is 12.4 Å². The Hall–Kier alpha value is -0.870. The van der Waals surface area contributed by atoms with E-state index in [4.69, 9.17) is 10.5 Å². The molecule has 1 aromatic heterocycles. The lowest BCUT2D eigenvalue weighted by atomic mass is 9.93. The predicted molar refractivity (Wildman–Crippen MR) is 74.2 cm³/mol. The minimum absolute atomic E-state index is 0.0224. The number of hydrogen-bond donors (Lipinski definition) is 1. The number of hydrogen-bond acceptors (Lipinski definition) is 3. The second kappa shape index (κ2) is 6.34. The molecule has 104 valence electrons. The standard InChI is InChI=1S/C14H27N3O/c1-6-12(15)13(11-9-16-17(5)10-11)18-8-7-14(2,3)4/h9-10,12-13H,6-8,15H2,1-5H3. The average Bonchev–Trinajstić information content (AvgIpc) is 2.68. The second-order valence-corrected chi connectivity index (χ2v) is 6.12. The first kappa shape index (κ1) is 15.2. The zero-order chi connectivity index (χ0) is 13.8. The van der Waals surface area contributed by atoms with Gasteiger partial charge in [-0.15, -0.1) is 0 Å².